The van der Waals surface area contributed by atoms with Gasteiger partial charge in [-0.2, -0.15) is 0 Å². The molecular weight excluding hydrogens is 481 g/mol. The van der Waals surface area contributed by atoms with Crippen molar-refractivity contribution in [3.8, 4) is 11.5 Å². The van der Waals surface area contributed by atoms with Crippen molar-refractivity contribution in [3.05, 3.63) is 116 Å². The van der Waals surface area contributed by atoms with Crippen LogP contribution < -0.4 is 25.2 Å². The van der Waals surface area contributed by atoms with E-state index in [0.29, 0.717) is 22.8 Å². The van der Waals surface area contributed by atoms with Gasteiger partial charge in [-0.15, -0.1) is 0 Å². The van der Waals surface area contributed by atoms with Gasteiger partial charge in [0.2, 0.25) is 0 Å². The van der Waals surface area contributed by atoms with Gasteiger partial charge in [0.1, 0.15) is 22.2 Å². The van der Waals surface area contributed by atoms with Crippen molar-refractivity contribution in [2.45, 2.75) is 13.1 Å². The van der Waals surface area contributed by atoms with E-state index in [1.807, 2.05) is 48.5 Å². The van der Waals surface area contributed by atoms with Gasteiger partial charge in [-0.3, -0.25) is 19.1 Å². The molecule has 0 saturated carbocycles. The zero-order chi connectivity index (χ0) is 25.5. The van der Waals surface area contributed by atoms with Crippen LogP contribution in [0.25, 0.3) is 0 Å². The van der Waals surface area contributed by atoms with Gasteiger partial charge in [-0.05, 0) is 59.7 Å². The Hall–Kier alpha value is -4.24. The number of hydrogen-bond donors (Lipinski definition) is 1. The molecule has 184 valence electrons. The highest BCUT2D eigenvalue weighted by Crippen LogP contribution is 2.14. The highest BCUT2D eigenvalue weighted by Gasteiger charge is 2.13. The van der Waals surface area contributed by atoms with E-state index in [9.17, 15) is 14.0 Å². The Morgan fingerprint density at radius 2 is 1.50 bits per heavy atom. The summed E-state index contributed by atoms with van der Waals surface area (Å²) in [4.78, 5) is 31.3. The molecule has 0 aliphatic carbocycles. The summed E-state index contributed by atoms with van der Waals surface area (Å²) < 4.78 is 25.1. The summed E-state index contributed by atoms with van der Waals surface area (Å²) in [5, 5.41) is 2.70. The van der Waals surface area contributed by atoms with E-state index in [4.69, 9.17) is 9.47 Å². The molecule has 9 heteroatoms. The molecule has 1 aromatic heterocycles. The van der Waals surface area contributed by atoms with Gasteiger partial charge >= 0.3 is 0 Å². The van der Waals surface area contributed by atoms with Crippen LogP contribution in [0.2, 0.25) is 0 Å². The van der Waals surface area contributed by atoms with E-state index in [1.165, 1.54) is 34.9 Å². The predicted octanol–water partition coefficient (Wildman–Crippen LogP) is 4.47. The average molecular weight is 506 g/mol. The summed E-state index contributed by atoms with van der Waals surface area (Å²) in [7, 11) is 3.19. The average Bonchev–Trinajstić information content (AvgIpc) is 2.90. The first kappa shape index (κ1) is 24.9. The Labute approximate surface area is 211 Å². The van der Waals surface area contributed by atoms with Gasteiger partial charge < -0.3 is 14.8 Å². The maximum absolute atomic E-state index is 13.2. The monoisotopic (exact) mass is 505 g/mol. The molecule has 1 N–H and O–H groups in total. The topological polar surface area (TPSA) is 81.9 Å². The van der Waals surface area contributed by atoms with E-state index in [-0.39, 0.29) is 17.0 Å². The third-order valence-corrected chi connectivity index (χ3v) is 6.39. The Bertz CT molecular complexity index is 1460. The first-order chi connectivity index (χ1) is 17.4. The number of methoxy groups -OCH3 is 2. The number of nitrogens with one attached hydrogen (secondary N) is 1. The standard InChI is InChI=1S/C27H24FN3O4S/c1-34-22-11-3-18(4-12-22)16-29-27-31(17-19-5-13-23(35-2)14-6-19)25(32)15-24(36-27)26(33)30-21-9-7-20(28)8-10-21/h3-15H,16-17H2,1-2H3,(H,30,33). The molecule has 1 heterocycles. The van der Waals surface area contributed by atoms with Crippen molar-refractivity contribution in [2.75, 3.05) is 19.5 Å². The third-order valence-electron chi connectivity index (χ3n) is 5.33. The fourth-order valence-corrected chi connectivity index (χ4v) is 4.27. The molecule has 0 aliphatic heterocycles. The second-order valence-electron chi connectivity index (χ2n) is 7.79. The molecule has 0 aliphatic rings. The second-order valence-corrected chi connectivity index (χ2v) is 8.80. The van der Waals surface area contributed by atoms with Crippen LogP contribution in [0.5, 0.6) is 11.5 Å². The van der Waals surface area contributed by atoms with Gasteiger partial charge in [-0.25, -0.2) is 4.39 Å². The van der Waals surface area contributed by atoms with Crippen molar-refractivity contribution in [3.63, 3.8) is 0 Å². The maximum atomic E-state index is 13.2. The lowest BCUT2D eigenvalue weighted by atomic mass is 10.2. The number of anilines is 1. The number of rotatable bonds is 8. The minimum Gasteiger partial charge on any atom is -0.497 e. The van der Waals surface area contributed by atoms with Crippen LogP contribution in [-0.4, -0.2) is 24.7 Å². The number of carbonyl (C=O) groups excluding carboxylic acids is 1. The minimum atomic E-state index is -0.471. The number of aromatic nitrogens is 1. The van der Waals surface area contributed by atoms with Crippen molar-refractivity contribution in [1.29, 1.82) is 0 Å². The Morgan fingerprint density at radius 3 is 2.08 bits per heavy atom. The van der Waals surface area contributed by atoms with E-state index in [2.05, 4.69) is 10.3 Å². The molecule has 0 unspecified atom stereocenters. The van der Waals surface area contributed by atoms with Crippen molar-refractivity contribution in [1.82, 2.24) is 4.57 Å². The molecule has 0 atom stereocenters. The SMILES string of the molecule is COc1ccc(CN=c2sc(C(=O)Nc3ccc(F)cc3)cc(=O)n2Cc2ccc(OC)cc2)cc1. The lowest BCUT2D eigenvalue weighted by Crippen LogP contribution is -2.33. The molecular formula is C27H24FN3O4S. The summed E-state index contributed by atoms with van der Waals surface area (Å²) in [5.74, 6) is 0.571. The fourth-order valence-electron chi connectivity index (χ4n) is 3.37. The van der Waals surface area contributed by atoms with Crippen molar-refractivity contribution < 1.29 is 18.7 Å². The minimum absolute atomic E-state index is 0.198. The zero-order valence-corrected chi connectivity index (χ0v) is 20.5. The Morgan fingerprint density at radius 1 is 0.917 bits per heavy atom. The summed E-state index contributed by atoms with van der Waals surface area (Å²) >= 11 is 1.11. The van der Waals surface area contributed by atoms with Gasteiger partial charge in [-0.1, -0.05) is 35.6 Å². The van der Waals surface area contributed by atoms with Crippen LogP contribution in [-0.2, 0) is 13.1 Å². The molecule has 0 radical (unpaired) electrons. The van der Waals surface area contributed by atoms with Crippen LogP contribution in [0.3, 0.4) is 0 Å². The Kier molecular flexibility index (Phi) is 7.92. The molecule has 7 nitrogen and oxygen atoms in total. The number of ether oxygens (including phenoxy) is 2. The van der Waals surface area contributed by atoms with Crippen LogP contribution in [0.1, 0.15) is 20.8 Å². The number of benzene rings is 3. The third kappa shape index (κ3) is 6.25. The van der Waals surface area contributed by atoms with Crippen LogP contribution >= 0.6 is 11.3 Å². The zero-order valence-electron chi connectivity index (χ0n) is 19.7. The van der Waals surface area contributed by atoms with Crippen LogP contribution in [0.4, 0.5) is 10.1 Å². The molecule has 0 fully saturated rings. The summed E-state index contributed by atoms with van der Waals surface area (Å²) in [6.45, 7) is 0.590. The van der Waals surface area contributed by atoms with Gasteiger partial charge in [0.05, 0.1) is 27.3 Å². The van der Waals surface area contributed by atoms with Gasteiger partial charge in [0, 0.05) is 11.8 Å². The maximum Gasteiger partial charge on any atom is 0.266 e. The summed E-state index contributed by atoms with van der Waals surface area (Å²) in [6, 6.07) is 21.6. The first-order valence-electron chi connectivity index (χ1n) is 11.0. The van der Waals surface area contributed by atoms with E-state index >= 15 is 0 Å². The quantitative estimate of drug-likeness (QED) is 0.383. The van der Waals surface area contributed by atoms with E-state index in [0.717, 1.165) is 28.2 Å². The van der Waals surface area contributed by atoms with Crippen molar-refractivity contribution in [2.24, 2.45) is 4.99 Å². The van der Waals surface area contributed by atoms with E-state index in [1.54, 1.807) is 14.2 Å². The number of carbonyl (C=O) groups is 1. The number of hydrogen-bond acceptors (Lipinski definition) is 6. The molecule has 4 aromatic rings. The highest BCUT2D eigenvalue weighted by atomic mass is 32.1. The summed E-state index contributed by atoms with van der Waals surface area (Å²) in [6.07, 6.45) is 0. The van der Waals surface area contributed by atoms with Crippen LogP contribution in [0.15, 0.2) is 88.6 Å². The van der Waals surface area contributed by atoms with Gasteiger partial charge in [0.15, 0.2) is 4.80 Å². The molecule has 4 rings (SSSR count). The normalized spacial score (nSPS) is 11.2. The highest BCUT2D eigenvalue weighted by molar-refractivity contribution is 7.11. The predicted molar refractivity (Wildman–Crippen MR) is 137 cm³/mol. The fraction of sp³-hybridized carbons (Fsp3) is 0.148. The number of nitrogens with zero attached hydrogens (tertiary/aromatic N) is 2. The van der Waals surface area contributed by atoms with Crippen molar-refractivity contribution >= 4 is 22.9 Å². The lowest BCUT2D eigenvalue weighted by Gasteiger charge is -2.10. The molecule has 0 bridgehead atoms. The number of halogens is 1. The molecule has 0 spiro atoms. The summed E-state index contributed by atoms with van der Waals surface area (Å²) in [5.41, 5.74) is 1.87. The van der Waals surface area contributed by atoms with Crippen LogP contribution in [0, 0.1) is 5.82 Å². The lowest BCUT2D eigenvalue weighted by molar-refractivity contribution is 0.103. The molecule has 1 amide bonds. The largest absolute Gasteiger partial charge is 0.497 e. The number of amides is 1. The van der Waals surface area contributed by atoms with E-state index < -0.39 is 11.7 Å². The first-order valence-corrected chi connectivity index (χ1v) is 11.8. The second kappa shape index (κ2) is 11.5. The smallest absolute Gasteiger partial charge is 0.266 e. The molecule has 0 saturated heterocycles. The molecule has 3 aromatic carbocycles. The molecule has 36 heavy (non-hydrogen) atoms. The van der Waals surface area contributed by atoms with Gasteiger partial charge in [0.25, 0.3) is 11.5 Å². The Balaban J connectivity index is 1.69.